The van der Waals surface area contributed by atoms with Crippen LogP contribution in [0.5, 0.6) is 5.75 Å². The van der Waals surface area contributed by atoms with E-state index in [9.17, 15) is 15.3 Å². The molecule has 0 saturated carbocycles. The second-order valence-electron chi connectivity index (χ2n) is 5.82. The molecule has 128 valence electrons. The number of fused-ring (bicyclic) bond motifs is 1. The van der Waals surface area contributed by atoms with Crippen molar-refractivity contribution in [1.29, 1.82) is 0 Å². The molecule has 0 unspecified atom stereocenters. The third-order valence-electron chi connectivity index (χ3n) is 4.06. The van der Waals surface area contributed by atoms with E-state index < -0.39 is 12.2 Å². The van der Waals surface area contributed by atoms with E-state index >= 15 is 0 Å². The highest BCUT2D eigenvalue weighted by Crippen LogP contribution is 2.32. The number of rotatable bonds is 7. The van der Waals surface area contributed by atoms with E-state index in [0.717, 1.165) is 22.9 Å². The fourth-order valence-electron chi connectivity index (χ4n) is 2.69. The number of benzene rings is 2. The zero-order chi connectivity index (χ0) is 17.5. The van der Waals surface area contributed by atoms with Gasteiger partial charge in [-0.1, -0.05) is 37.3 Å². The number of aliphatic hydroxyl groups is 3. The van der Waals surface area contributed by atoms with Crippen LogP contribution in [0.3, 0.4) is 0 Å². The lowest BCUT2D eigenvalue weighted by Crippen LogP contribution is -2.12. The average Bonchev–Trinajstić information content (AvgIpc) is 2.61. The molecule has 2 rings (SSSR count). The van der Waals surface area contributed by atoms with Crippen molar-refractivity contribution >= 4 is 10.8 Å². The normalized spacial score (nSPS) is 13.3. The van der Waals surface area contributed by atoms with Gasteiger partial charge in [-0.3, -0.25) is 0 Å². The number of aromatic hydroxyl groups is 1. The summed E-state index contributed by atoms with van der Waals surface area (Å²) in [7, 11) is 0. The van der Waals surface area contributed by atoms with Crippen LogP contribution in [0.4, 0.5) is 0 Å². The summed E-state index contributed by atoms with van der Waals surface area (Å²) in [5, 5.41) is 40.3. The first kappa shape index (κ1) is 18.2. The largest absolute Gasteiger partial charge is 0.507 e. The fraction of sp³-hybridized carbons (Fsp3) is 0.350. The van der Waals surface area contributed by atoms with Gasteiger partial charge in [0.1, 0.15) is 5.75 Å². The molecule has 0 aliphatic rings. The van der Waals surface area contributed by atoms with Crippen molar-refractivity contribution in [3.63, 3.8) is 0 Å². The van der Waals surface area contributed by atoms with Crippen LogP contribution < -0.4 is 0 Å². The molecule has 0 aliphatic carbocycles. The van der Waals surface area contributed by atoms with Crippen molar-refractivity contribution in [3.8, 4) is 5.75 Å². The van der Waals surface area contributed by atoms with Crippen LogP contribution in [0.1, 0.15) is 37.9 Å². The van der Waals surface area contributed by atoms with E-state index in [1.54, 1.807) is 18.2 Å². The Morgan fingerprint density at radius 1 is 1.12 bits per heavy atom. The van der Waals surface area contributed by atoms with Gasteiger partial charge < -0.3 is 20.4 Å². The molecule has 4 N–H and O–H groups in total. The maximum atomic E-state index is 10.5. The van der Waals surface area contributed by atoms with Gasteiger partial charge in [0.15, 0.2) is 0 Å². The third-order valence-corrected chi connectivity index (χ3v) is 4.06. The zero-order valence-corrected chi connectivity index (χ0v) is 13.8. The Morgan fingerprint density at radius 3 is 2.50 bits per heavy atom. The molecule has 2 atom stereocenters. The van der Waals surface area contributed by atoms with Crippen LogP contribution in [0.25, 0.3) is 10.8 Å². The summed E-state index contributed by atoms with van der Waals surface area (Å²) in [6.45, 7) is 1.69. The van der Waals surface area contributed by atoms with E-state index in [1.165, 1.54) is 0 Å². The van der Waals surface area contributed by atoms with Crippen molar-refractivity contribution < 1.29 is 20.4 Å². The van der Waals surface area contributed by atoms with E-state index in [2.05, 4.69) is 5.73 Å². The van der Waals surface area contributed by atoms with Gasteiger partial charge >= 0.3 is 0 Å². The molecule has 0 spiro atoms. The van der Waals surface area contributed by atoms with Crippen LogP contribution >= 0.6 is 0 Å². The first-order chi connectivity index (χ1) is 11.6. The molecule has 0 aliphatic heterocycles. The summed E-state index contributed by atoms with van der Waals surface area (Å²) in [5.41, 5.74) is 4.77. The summed E-state index contributed by atoms with van der Waals surface area (Å²) in [5.74, 6) is 0.197. The Labute approximate surface area is 142 Å². The Balaban J connectivity index is 2.20. The summed E-state index contributed by atoms with van der Waals surface area (Å²) in [6.07, 6.45) is 1.77. The molecule has 0 aromatic heterocycles. The van der Waals surface area contributed by atoms with E-state index in [4.69, 9.17) is 5.11 Å². The van der Waals surface area contributed by atoms with Crippen LogP contribution in [-0.4, -0.2) is 33.1 Å². The van der Waals surface area contributed by atoms with Gasteiger partial charge in [-0.2, -0.15) is 0 Å². The highest BCUT2D eigenvalue weighted by molar-refractivity contribution is 5.91. The highest BCUT2D eigenvalue weighted by Gasteiger charge is 2.12. The summed E-state index contributed by atoms with van der Waals surface area (Å²) >= 11 is 0. The molecule has 0 heterocycles. The minimum Gasteiger partial charge on any atom is -0.507 e. The minimum absolute atomic E-state index is 0.197. The molecule has 4 nitrogen and oxygen atoms in total. The van der Waals surface area contributed by atoms with Gasteiger partial charge in [-0.05, 0) is 35.1 Å². The molecule has 2 aromatic carbocycles. The van der Waals surface area contributed by atoms with Gasteiger partial charge in [0, 0.05) is 18.2 Å². The number of phenols is 1. The molecular formula is C20H24O4. The number of aliphatic hydroxyl groups excluding tert-OH is 3. The maximum Gasteiger partial charge on any atom is 0.123 e. The Morgan fingerprint density at radius 2 is 1.83 bits per heavy atom. The SMILES string of the molecule is CCC(=C=CC[C@@H](O)c1ccc(O)c2ccccc12)C[C@@H](O)CO. The van der Waals surface area contributed by atoms with Crippen molar-refractivity contribution in [3.05, 3.63) is 59.3 Å². The Kier molecular flexibility index (Phi) is 6.59. The lowest BCUT2D eigenvalue weighted by molar-refractivity contribution is 0.0950. The first-order valence-electron chi connectivity index (χ1n) is 8.17. The minimum atomic E-state index is -0.771. The molecular weight excluding hydrogens is 304 g/mol. The van der Waals surface area contributed by atoms with Gasteiger partial charge in [0.05, 0.1) is 18.8 Å². The quantitative estimate of drug-likeness (QED) is 0.588. The predicted octanol–water partition coefficient (Wildman–Crippen LogP) is 3.20. The van der Waals surface area contributed by atoms with Crippen LogP contribution in [-0.2, 0) is 0 Å². The molecule has 24 heavy (non-hydrogen) atoms. The third kappa shape index (κ3) is 4.47. The number of hydrogen-bond donors (Lipinski definition) is 4. The highest BCUT2D eigenvalue weighted by atomic mass is 16.3. The summed E-state index contributed by atoms with van der Waals surface area (Å²) < 4.78 is 0. The second-order valence-corrected chi connectivity index (χ2v) is 5.82. The van der Waals surface area contributed by atoms with Gasteiger partial charge in [-0.15, -0.1) is 5.73 Å². The molecule has 0 amide bonds. The fourth-order valence-corrected chi connectivity index (χ4v) is 2.69. The maximum absolute atomic E-state index is 10.5. The lowest BCUT2D eigenvalue weighted by atomic mass is 9.98. The number of phenolic OH excluding ortho intramolecular Hbond substituents is 1. The molecule has 0 saturated heterocycles. The van der Waals surface area contributed by atoms with Crippen molar-refractivity contribution in [2.24, 2.45) is 0 Å². The van der Waals surface area contributed by atoms with Crippen molar-refractivity contribution in [2.45, 2.75) is 38.4 Å². The second kappa shape index (κ2) is 8.67. The molecule has 0 radical (unpaired) electrons. The average molecular weight is 328 g/mol. The van der Waals surface area contributed by atoms with E-state index in [0.29, 0.717) is 18.2 Å². The van der Waals surface area contributed by atoms with Gasteiger partial charge in [-0.25, -0.2) is 0 Å². The van der Waals surface area contributed by atoms with E-state index in [1.807, 2.05) is 31.2 Å². The van der Waals surface area contributed by atoms with Crippen LogP contribution in [0, 0.1) is 0 Å². The molecule has 4 heteroatoms. The Hall–Kier alpha value is -2.10. The van der Waals surface area contributed by atoms with Crippen molar-refractivity contribution in [2.75, 3.05) is 6.61 Å². The number of hydrogen-bond acceptors (Lipinski definition) is 4. The van der Waals surface area contributed by atoms with E-state index in [-0.39, 0.29) is 12.4 Å². The van der Waals surface area contributed by atoms with Crippen molar-refractivity contribution in [1.82, 2.24) is 0 Å². The molecule has 0 fully saturated rings. The summed E-state index contributed by atoms with van der Waals surface area (Å²) in [6, 6.07) is 10.7. The van der Waals surface area contributed by atoms with Gasteiger partial charge in [0.2, 0.25) is 0 Å². The molecule has 2 aromatic rings. The summed E-state index contributed by atoms with van der Waals surface area (Å²) in [4.78, 5) is 0. The van der Waals surface area contributed by atoms with Crippen LogP contribution in [0.2, 0.25) is 0 Å². The lowest BCUT2D eigenvalue weighted by Gasteiger charge is -2.13. The smallest absolute Gasteiger partial charge is 0.123 e. The predicted molar refractivity (Wildman–Crippen MR) is 94.8 cm³/mol. The standard InChI is InChI=1S/C20H24O4/c1-2-14(12-15(22)13-21)6-5-9-19(23)18-10-11-20(24)17-8-4-3-7-16(17)18/h3-5,7-8,10-11,15,19,21-24H,2,9,12-13H2,1H3/t6?,15-,19-/m1/s1. The topological polar surface area (TPSA) is 80.9 Å². The van der Waals surface area contributed by atoms with Crippen LogP contribution in [0.15, 0.2) is 53.8 Å². The first-order valence-corrected chi connectivity index (χ1v) is 8.17. The van der Waals surface area contributed by atoms with Gasteiger partial charge in [0.25, 0.3) is 0 Å². The monoisotopic (exact) mass is 328 g/mol. The zero-order valence-electron chi connectivity index (χ0n) is 13.8. The molecule has 0 bridgehead atoms. The Bertz CT molecular complexity index is 744.